The molecule has 0 aliphatic heterocycles. The predicted octanol–water partition coefficient (Wildman–Crippen LogP) is 2.67. The monoisotopic (exact) mass is 472 g/mol. The Morgan fingerprint density at radius 1 is 1.06 bits per heavy atom. The van der Waals surface area contributed by atoms with Gasteiger partial charge in [0.05, 0.1) is 18.2 Å². The molecule has 0 N–H and O–H groups in total. The number of nitrogens with zero attached hydrogens (tertiary/aromatic N) is 2. The molecule has 6 nitrogen and oxygen atoms in total. The van der Waals surface area contributed by atoms with E-state index in [-0.39, 0.29) is 49.0 Å². The summed E-state index contributed by atoms with van der Waals surface area (Å²) in [4.78, 5) is 15.7. The Hall–Kier alpha value is -3.33. The molecule has 0 saturated heterocycles. The van der Waals surface area contributed by atoms with Gasteiger partial charge in [0.15, 0.2) is 17.4 Å². The molecule has 34 heavy (non-hydrogen) atoms. The van der Waals surface area contributed by atoms with Crippen LogP contribution < -0.4 is 34.3 Å². The van der Waals surface area contributed by atoms with Crippen molar-refractivity contribution in [2.24, 2.45) is 0 Å². The minimum absolute atomic E-state index is 0. The predicted molar refractivity (Wildman–Crippen MR) is 118 cm³/mol. The van der Waals surface area contributed by atoms with E-state index in [0.717, 1.165) is 17.7 Å². The molecule has 0 aliphatic rings. The third kappa shape index (κ3) is 5.96. The van der Waals surface area contributed by atoms with Crippen molar-refractivity contribution in [3.63, 3.8) is 0 Å². The molecule has 0 fully saturated rings. The first-order valence-electron chi connectivity index (χ1n) is 9.89. The first-order valence-corrected chi connectivity index (χ1v) is 9.89. The smallest absolute Gasteiger partial charge is 1.00 e. The average Bonchev–Trinajstić information content (AvgIpc) is 3.26. The van der Waals surface area contributed by atoms with E-state index in [1.54, 1.807) is 6.08 Å². The molecule has 0 radical (unpaired) electrons. The van der Waals surface area contributed by atoms with Crippen molar-refractivity contribution in [2.75, 3.05) is 7.11 Å². The maximum atomic E-state index is 13.8. The van der Waals surface area contributed by atoms with E-state index in [9.17, 15) is 13.6 Å². The second-order valence-corrected chi connectivity index (χ2v) is 6.91. The number of methoxy groups -OCH3 is 1. The Morgan fingerprint density at radius 2 is 1.85 bits per heavy atom. The van der Waals surface area contributed by atoms with E-state index >= 15 is 0 Å². The van der Waals surface area contributed by atoms with Crippen molar-refractivity contribution >= 4 is 18.1 Å². The van der Waals surface area contributed by atoms with Crippen LogP contribution in [-0.4, -0.2) is 23.2 Å². The second-order valence-electron chi connectivity index (χ2n) is 6.91. The summed E-state index contributed by atoms with van der Waals surface area (Å²) < 4.78 is 43.1. The summed E-state index contributed by atoms with van der Waals surface area (Å²) in [6.07, 6.45) is 4.89. The van der Waals surface area contributed by atoms with Gasteiger partial charge in [-0.25, -0.2) is 18.6 Å². The van der Waals surface area contributed by atoms with Crippen LogP contribution in [0.15, 0.2) is 71.4 Å². The molecule has 2 aromatic heterocycles. The Bertz CT molecular complexity index is 1300. The van der Waals surface area contributed by atoms with Crippen LogP contribution in [0.2, 0.25) is 0 Å². The van der Waals surface area contributed by atoms with E-state index in [1.807, 2.05) is 36.4 Å². The second kappa shape index (κ2) is 11.7. The van der Waals surface area contributed by atoms with Gasteiger partial charge in [-0.3, -0.25) is 0 Å². The fourth-order valence-corrected chi connectivity index (χ4v) is 3.05. The average molecular weight is 472 g/mol. The number of benzene rings is 2. The molecule has 0 spiro atoms. The summed E-state index contributed by atoms with van der Waals surface area (Å²) in [7, 11) is 1.28. The number of carbonyl (C=O) groups is 1. The number of hydrogen-bond acceptors (Lipinski definition) is 6. The van der Waals surface area contributed by atoms with Gasteiger partial charge in [-0.05, 0) is 35.9 Å². The van der Waals surface area contributed by atoms with Gasteiger partial charge < -0.3 is 15.4 Å². The van der Waals surface area contributed by atoms with Crippen LogP contribution in [0, 0.1) is 11.6 Å². The number of esters is 1. The van der Waals surface area contributed by atoms with Gasteiger partial charge in [-0.1, -0.05) is 41.6 Å². The fourth-order valence-electron chi connectivity index (χ4n) is 3.05. The number of halogens is 2. The molecule has 2 heterocycles. The standard InChI is InChI=1S/C25H18F2N2O4.Na.H/c1-31-25(30)18-9-12-23(28-14-18)32-15-19-22(11-7-16-5-3-2-4-6-16)33-29-24(19)17-8-10-20(26)21(27)13-17;;/h2-14H,15H2,1H3;;/q;+1;-1/b11-7+;;. The molecule has 4 rings (SSSR count). The minimum Gasteiger partial charge on any atom is -1.00 e. The maximum absolute atomic E-state index is 13.8. The zero-order chi connectivity index (χ0) is 23.2. The zero-order valence-electron chi connectivity index (χ0n) is 19.5. The Labute approximate surface area is 218 Å². The quantitative estimate of drug-likeness (QED) is 0.304. The van der Waals surface area contributed by atoms with Gasteiger partial charge in [-0.15, -0.1) is 0 Å². The van der Waals surface area contributed by atoms with Gasteiger partial charge in [0.1, 0.15) is 12.3 Å². The van der Waals surface area contributed by atoms with Crippen molar-refractivity contribution in [3.8, 4) is 17.1 Å². The van der Waals surface area contributed by atoms with Crippen molar-refractivity contribution in [3.05, 3.63) is 101 Å². The van der Waals surface area contributed by atoms with Crippen molar-refractivity contribution in [2.45, 2.75) is 6.61 Å². The molecule has 0 amide bonds. The van der Waals surface area contributed by atoms with E-state index in [1.165, 1.54) is 31.5 Å². The van der Waals surface area contributed by atoms with Crippen molar-refractivity contribution in [1.29, 1.82) is 0 Å². The molecule has 4 aromatic rings. The van der Waals surface area contributed by atoms with E-state index in [2.05, 4.69) is 14.9 Å². The molecule has 0 unspecified atom stereocenters. The number of ether oxygens (including phenoxy) is 2. The molecule has 2 aromatic carbocycles. The minimum atomic E-state index is -0.996. The summed E-state index contributed by atoms with van der Waals surface area (Å²) in [5, 5.41) is 4.05. The molecule has 9 heteroatoms. The maximum Gasteiger partial charge on any atom is 1.00 e. The Kier molecular flexibility index (Phi) is 8.70. The van der Waals surface area contributed by atoms with Gasteiger partial charge >= 0.3 is 35.5 Å². The van der Waals surface area contributed by atoms with Gasteiger partial charge in [-0.2, -0.15) is 0 Å². The van der Waals surface area contributed by atoms with Crippen LogP contribution in [0.4, 0.5) is 8.78 Å². The van der Waals surface area contributed by atoms with Crippen LogP contribution in [0.1, 0.15) is 28.7 Å². The first kappa shape index (κ1) is 25.3. The Morgan fingerprint density at radius 3 is 2.53 bits per heavy atom. The summed E-state index contributed by atoms with van der Waals surface area (Å²) in [6.45, 7) is -0.0170. The van der Waals surface area contributed by atoms with E-state index < -0.39 is 17.6 Å². The van der Waals surface area contributed by atoms with E-state index in [0.29, 0.717) is 22.6 Å². The summed E-state index contributed by atoms with van der Waals surface area (Å²) in [6, 6.07) is 16.1. The van der Waals surface area contributed by atoms with Crippen molar-refractivity contribution < 1.29 is 58.6 Å². The van der Waals surface area contributed by atoms with Crippen LogP contribution in [-0.2, 0) is 11.3 Å². The molecule has 168 valence electrons. The zero-order valence-corrected chi connectivity index (χ0v) is 20.5. The van der Waals surface area contributed by atoms with Crippen LogP contribution >= 0.6 is 0 Å². The number of hydrogen-bond donors (Lipinski definition) is 0. The van der Waals surface area contributed by atoms with Crippen molar-refractivity contribution in [1.82, 2.24) is 10.1 Å². The van der Waals surface area contributed by atoms with E-state index in [4.69, 9.17) is 9.26 Å². The summed E-state index contributed by atoms with van der Waals surface area (Å²) in [5.41, 5.74) is 2.39. The summed E-state index contributed by atoms with van der Waals surface area (Å²) >= 11 is 0. The van der Waals surface area contributed by atoms with Gasteiger partial charge in [0.2, 0.25) is 5.88 Å². The third-order valence-electron chi connectivity index (χ3n) is 4.76. The van der Waals surface area contributed by atoms with Crippen LogP contribution in [0.3, 0.4) is 0 Å². The molecule has 0 saturated carbocycles. The topological polar surface area (TPSA) is 74.5 Å². The van der Waals surface area contributed by atoms with Crippen LogP contribution in [0.25, 0.3) is 23.4 Å². The molecular formula is C25H19F2N2NaO4. The fraction of sp³-hybridized carbons (Fsp3) is 0.0800. The SMILES string of the molecule is COC(=O)c1ccc(OCc2c(-c3ccc(F)c(F)c3)noc2/C=C/c2ccccc2)nc1.[H-].[Na+]. The number of pyridine rings is 1. The first-order chi connectivity index (χ1) is 16.0. The largest absolute Gasteiger partial charge is 1.00 e. The van der Waals surface area contributed by atoms with Gasteiger partial charge in [0.25, 0.3) is 0 Å². The number of carbonyl (C=O) groups excluding carboxylic acids is 1. The van der Waals surface area contributed by atoms with Crippen LogP contribution in [0.5, 0.6) is 5.88 Å². The number of aromatic nitrogens is 2. The molecule has 0 aliphatic carbocycles. The molecular weight excluding hydrogens is 453 g/mol. The Balaban J connectivity index is 0.00000216. The number of rotatable bonds is 7. The van der Waals surface area contributed by atoms with Gasteiger partial charge in [0, 0.05) is 17.8 Å². The summed E-state index contributed by atoms with van der Waals surface area (Å²) in [5.74, 6) is -1.83. The molecule has 0 bridgehead atoms. The molecule has 0 atom stereocenters. The normalized spacial score (nSPS) is 10.7. The third-order valence-corrected chi connectivity index (χ3v) is 4.76.